The second-order valence-electron chi connectivity index (χ2n) is 6.35. The number of alkyl halides is 2. The van der Waals surface area contributed by atoms with Gasteiger partial charge in [-0.3, -0.25) is 4.79 Å². The summed E-state index contributed by atoms with van der Waals surface area (Å²) >= 11 is 0. The molecule has 0 aromatic heterocycles. The fourth-order valence-corrected chi connectivity index (χ4v) is 4.10. The Morgan fingerprint density at radius 1 is 0.966 bits per heavy atom. The molecular weight excluding hydrogens is 402 g/mol. The summed E-state index contributed by atoms with van der Waals surface area (Å²) in [5.41, 5.74) is 1.11. The molecule has 0 unspecified atom stereocenters. The monoisotopic (exact) mass is 422 g/mol. The van der Waals surface area contributed by atoms with Crippen LogP contribution in [-0.2, 0) is 10.0 Å². The summed E-state index contributed by atoms with van der Waals surface area (Å²) in [5.74, 6) is -0.317. The standard InChI is InChI=1S/C20H20F2N2O4S/c21-20(22)28-18-8-6-17(7-9-18)19(25)23-11-13-24(14-12-23)29(26,27)15-10-16-4-2-1-3-5-16/h1-10,15,20H,11-14H2. The molecule has 1 heterocycles. The highest BCUT2D eigenvalue weighted by molar-refractivity contribution is 7.92. The number of halogens is 2. The van der Waals surface area contributed by atoms with Gasteiger partial charge in [0.15, 0.2) is 0 Å². The van der Waals surface area contributed by atoms with Crippen LogP contribution in [-0.4, -0.2) is 56.3 Å². The lowest BCUT2D eigenvalue weighted by Gasteiger charge is -2.33. The molecule has 1 amide bonds. The minimum atomic E-state index is -3.59. The number of nitrogens with zero attached hydrogens (tertiary/aromatic N) is 2. The lowest BCUT2D eigenvalue weighted by atomic mass is 10.2. The molecule has 0 spiro atoms. The molecule has 0 atom stereocenters. The Morgan fingerprint density at radius 2 is 1.59 bits per heavy atom. The van der Waals surface area contributed by atoms with Gasteiger partial charge in [0.2, 0.25) is 10.0 Å². The topological polar surface area (TPSA) is 66.9 Å². The van der Waals surface area contributed by atoms with Crippen molar-refractivity contribution in [1.29, 1.82) is 0 Å². The van der Waals surface area contributed by atoms with Gasteiger partial charge in [-0.25, -0.2) is 8.42 Å². The van der Waals surface area contributed by atoms with E-state index in [4.69, 9.17) is 0 Å². The third-order valence-electron chi connectivity index (χ3n) is 4.44. The van der Waals surface area contributed by atoms with Crippen molar-refractivity contribution in [2.24, 2.45) is 0 Å². The van der Waals surface area contributed by atoms with Gasteiger partial charge >= 0.3 is 6.61 Å². The van der Waals surface area contributed by atoms with E-state index in [0.29, 0.717) is 5.56 Å². The number of carbonyl (C=O) groups is 1. The smallest absolute Gasteiger partial charge is 0.387 e. The molecule has 6 nitrogen and oxygen atoms in total. The van der Waals surface area contributed by atoms with Gasteiger partial charge in [0.05, 0.1) is 0 Å². The zero-order chi connectivity index (χ0) is 20.9. The van der Waals surface area contributed by atoms with Crippen LogP contribution in [0.25, 0.3) is 6.08 Å². The van der Waals surface area contributed by atoms with E-state index >= 15 is 0 Å². The highest BCUT2D eigenvalue weighted by Crippen LogP contribution is 2.18. The summed E-state index contributed by atoms with van der Waals surface area (Å²) in [5, 5.41) is 1.17. The number of ether oxygens (including phenoxy) is 1. The summed E-state index contributed by atoms with van der Waals surface area (Å²) in [6.07, 6.45) is 1.54. The van der Waals surface area contributed by atoms with Gasteiger partial charge in [0.25, 0.3) is 5.91 Å². The number of amides is 1. The Hall–Kier alpha value is -2.78. The van der Waals surface area contributed by atoms with Crippen molar-refractivity contribution >= 4 is 22.0 Å². The molecule has 29 heavy (non-hydrogen) atoms. The average Bonchev–Trinajstić information content (AvgIpc) is 2.73. The van der Waals surface area contributed by atoms with Crippen molar-refractivity contribution in [3.05, 3.63) is 71.1 Å². The summed E-state index contributed by atoms with van der Waals surface area (Å²) in [6.45, 7) is -2.08. The van der Waals surface area contributed by atoms with Crippen molar-refractivity contribution in [2.45, 2.75) is 6.61 Å². The van der Waals surface area contributed by atoms with Crippen molar-refractivity contribution in [2.75, 3.05) is 26.2 Å². The lowest BCUT2D eigenvalue weighted by molar-refractivity contribution is -0.0498. The summed E-state index contributed by atoms with van der Waals surface area (Å²) in [4.78, 5) is 14.1. The van der Waals surface area contributed by atoms with Crippen molar-refractivity contribution in [3.63, 3.8) is 0 Å². The lowest BCUT2D eigenvalue weighted by Crippen LogP contribution is -2.50. The van der Waals surface area contributed by atoms with Crippen LogP contribution >= 0.6 is 0 Å². The summed E-state index contributed by atoms with van der Waals surface area (Å²) in [7, 11) is -3.59. The Morgan fingerprint density at radius 3 is 2.17 bits per heavy atom. The predicted molar refractivity (Wildman–Crippen MR) is 105 cm³/mol. The first-order valence-electron chi connectivity index (χ1n) is 8.92. The molecule has 2 aromatic carbocycles. The van der Waals surface area contributed by atoms with E-state index in [2.05, 4.69) is 4.74 Å². The molecule has 154 valence electrons. The van der Waals surface area contributed by atoms with Gasteiger partial charge in [-0.2, -0.15) is 13.1 Å². The highest BCUT2D eigenvalue weighted by atomic mass is 32.2. The Balaban J connectivity index is 1.58. The number of piperazine rings is 1. The maximum atomic E-state index is 12.6. The van der Waals surface area contributed by atoms with Crippen LogP contribution in [0, 0.1) is 0 Å². The first-order chi connectivity index (χ1) is 13.8. The van der Waals surface area contributed by atoms with E-state index in [0.717, 1.165) is 5.56 Å². The number of benzene rings is 2. The van der Waals surface area contributed by atoms with Gasteiger partial charge < -0.3 is 9.64 Å². The number of sulfonamides is 1. The molecule has 0 saturated carbocycles. The number of hydrogen-bond donors (Lipinski definition) is 0. The van der Waals surface area contributed by atoms with Crippen LogP contribution in [0.3, 0.4) is 0 Å². The maximum Gasteiger partial charge on any atom is 0.387 e. The molecule has 2 aromatic rings. The molecule has 3 rings (SSSR count). The van der Waals surface area contributed by atoms with E-state index in [9.17, 15) is 22.0 Å². The first-order valence-corrected chi connectivity index (χ1v) is 10.4. The van der Waals surface area contributed by atoms with E-state index in [1.54, 1.807) is 12.1 Å². The molecular formula is C20H20F2N2O4S. The maximum absolute atomic E-state index is 12.6. The fourth-order valence-electron chi connectivity index (χ4n) is 2.92. The van der Waals surface area contributed by atoms with Crippen molar-refractivity contribution in [3.8, 4) is 5.75 Å². The Kier molecular flexibility index (Phi) is 6.60. The molecule has 1 aliphatic rings. The van der Waals surface area contributed by atoms with Crippen molar-refractivity contribution in [1.82, 2.24) is 9.21 Å². The van der Waals surface area contributed by atoms with Gasteiger partial charge in [-0.05, 0) is 35.9 Å². The molecule has 0 radical (unpaired) electrons. The second-order valence-corrected chi connectivity index (χ2v) is 8.17. The minimum Gasteiger partial charge on any atom is -0.435 e. The van der Waals surface area contributed by atoms with Crippen LogP contribution in [0.1, 0.15) is 15.9 Å². The van der Waals surface area contributed by atoms with E-state index in [1.165, 1.54) is 45.0 Å². The Labute approximate surface area is 168 Å². The van der Waals surface area contributed by atoms with Crippen LogP contribution in [0.15, 0.2) is 60.0 Å². The second kappa shape index (κ2) is 9.15. The van der Waals surface area contributed by atoms with Crippen LogP contribution in [0.2, 0.25) is 0 Å². The number of rotatable bonds is 6. The largest absolute Gasteiger partial charge is 0.435 e. The molecule has 0 bridgehead atoms. The van der Waals surface area contributed by atoms with E-state index in [1.807, 2.05) is 18.2 Å². The third kappa shape index (κ3) is 5.61. The summed E-state index contributed by atoms with van der Waals surface area (Å²) in [6, 6.07) is 14.5. The van der Waals surface area contributed by atoms with E-state index in [-0.39, 0.29) is 37.8 Å². The predicted octanol–water partition coefficient (Wildman–Crippen LogP) is 3.05. The quantitative estimate of drug-likeness (QED) is 0.718. The van der Waals surface area contributed by atoms with Crippen LogP contribution < -0.4 is 4.74 Å². The Bertz CT molecular complexity index is 956. The number of carbonyl (C=O) groups excluding carboxylic acids is 1. The van der Waals surface area contributed by atoms with Crippen molar-refractivity contribution < 1.29 is 26.7 Å². The SMILES string of the molecule is O=C(c1ccc(OC(F)F)cc1)N1CCN(S(=O)(=O)C=Cc2ccccc2)CC1. The zero-order valence-electron chi connectivity index (χ0n) is 15.4. The van der Waals surface area contributed by atoms with Crippen LogP contribution in [0.4, 0.5) is 8.78 Å². The normalized spacial score (nSPS) is 15.8. The highest BCUT2D eigenvalue weighted by Gasteiger charge is 2.27. The molecule has 1 saturated heterocycles. The molecule has 0 aliphatic carbocycles. The van der Waals surface area contributed by atoms with Crippen LogP contribution in [0.5, 0.6) is 5.75 Å². The van der Waals surface area contributed by atoms with Gasteiger partial charge in [0, 0.05) is 37.2 Å². The van der Waals surface area contributed by atoms with Gasteiger partial charge in [-0.1, -0.05) is 30.3 Å². The third-order valence-corrected chi connectivity index (χ3v) is 6.01. The zero-order valence-corrected chi connectivity index (χ0v) is 16.3. The minimum absolute atomic E-state index is 0.0299. The van der Waals surface area contributed by atoms with Gasteiger partial charge in [0.1, 0.15) is 5.75 Å². The van der Waals surface area contributed by atoms with E-state index < -0.39 is 16.6 Å². The number of hydrogen-bond acceptors (Lipinski definition) is 4. The molecule has 9 heteroatoms. The first kappa shape index (κ1) is 20.9. The molecule has 0 N–H and O–H groups in total. The molecule has 1 aliphatic heterocycles. The average molecular weight is 422 g/mol. The van der Waals surface area contributed by atoms with Gasteiger partial charge in [-0.15, -0.1) is 0 Å². The fraction of sp³-hybridized carbons (Fsp3) is 0.250. The molecule has 1 fully saturated rings. The summed E-state index contributed by atoms with van der Waals surface area (Å²) < 4.78 is 55.0.